The highest BCUT2D eigenvalue weighted by molar-refractivity contribution is 5.93. The maximum Gasteiger partial charge on any atom is 0.347 e. The number of esters is 2. The van der Waals surface area contributed by atoms with Crippen molar-refractivity contribution < 1.29 is 38.4 Å². The molecule has 0 aromatic heterocycles. The third kappa shape index (κ3) is 3.38. The zero-order valence-electron chi connectivity index (χ0n) is 12.3. The Morgan fingerprint density at radius 2 is 1.33 bits per heavy atom. The fourth-order valence-electron chi connectivity index (χ4n) is 2.78. The van der Waals surface area contributed by atoms with Crippen molar-refractivity contribution in [2.24, 2.45) is 23.7 Å². The molecule has 0 aromatic rings. The van der Waals surface area contributed by atoms with Crippen molar-refractivity contribution in [1.29, 1.82) is 0 Å². The largest absolute Gasteiger partial charge is 0.469 e. The molecule has 0 spiro atoms. The number of Topliss-reactive ketones (excluding diaryl/α,β-unsaturated/α-hetero) is 1. The van der Waals surface area contributed by atoms with Gasteiger partial charge in [0.15, 0.2) is 0 Å². The number of hydrogen-bond acceptors (Lipinski definition) is 8. The van der Waals surface area contributed by atoms with Gasteiger partial charge in [0, 0.05) is 5.92 Å². The first-order valence-corrected chi connectivity index (χ1v) is 6.29. The summed E-state index contributed by atoms with van der Waals surface area (Å²) in [5.41, 5.74) is 0. The molecule has 8 nitrogen and oxygen atoms in total. The van der Waals surface area contributed by atoms with Gasteiger partial charge in [-0.2, -0.15) is 4.89 Å². The molecule has 1 fully saturated rings. The Hall–Kier alpha value is -1.96. The zero-order valence-corrected chi connectivity index (χ0v) is 12.3. The van der Waals surface area contributed by atoms with Gasteiger partial charge in [-0.3, -0.25) is 19.3 Å². The van der Waals surface area contributed by atoms with E-state index in [9.17, 15) is 19.2 Å². The SMILES string of the molecule is COOC(=O)C1C(C(C)=O)CC(C(=O)OC)C1C(=O)OC. The fourth-order valence-corrected chi connectivity index (χ4v) is 2.78. The molecule has 4 atom stereocenters. The first kappa shape index (κ1) is 17.1. The lowest BCUT2D eigenvalue weighted by molar-refractivity contribution is -0.261. The Labute approximate surface area is 121 Å². The van der Waals surface area contributed by atoms with Crippen LogP contribution in [0.2, 0.25) is 0 Å². The van der Waals surface area contributed by atoms with E-state index in [4.69, 9.17) is 0 Å². The predicted octanol–water partition coefficient (Wildman–Crippen LogP) is -0.106. The molecule has 4 unspecified atom stereocenters. The number of ether oxygens (including phenoxy) is 2. The Kier molecular flexibility index (Phi) is 5.83. The van der Waals surface area contributed by atoms with E-state index >= 15 is 0 Å². The summed E-state index contributed by atoms with van der Waals surface area (Å²) in [5, 5.41) is 0. The van der Waals surface area contributed by atoms with Crippen LogP contribution in [0.1, 0.15) is 13.3 Å². The molecule has 21 heavy (non-hydrogen) atoms. The van der Waals surface area contributed by atoms with Crippen LogP contribution in [0.3, 0.4) is 0 Å². The third-order valence-electron chi connectivity index (χ3n) is 3.70. The van der Waals surface area contributed by atoms with E-state index in [1.54, 1.807) is 0 Å². The van der Waals surface area contributed by atoms with Gasteiger partial charge in [0.2, 0.25) is 0 Å². The molecule has 8 heteroatoms. The summed E-state index contributed by atoms with van der Waals surface area (Å²) in [4.78, 5) is 56.2. The third-order valence-corrected chi connectivity index (χ3v) is 3.70. The Balaban J connectivity index is 3.22. The van der Waals surface area contributed by atoms with Crippen LogP contribution in [0, 0.1) is 23.7 Å². The molecule has 0 aromatic carbocycles. The monoisotopic (exact) mass is 302 g/mol. The van der Waals surface area contributed by atoms with Gasteiger partial charge in [-0.1, -0.05) is 0 Å². The maximum atomic E-state index is 12.0. The fraction of sp³-hybridized carbons (Fsp3) is 0.692. The zero-order chi connectivity index (χ0) is 16.2. The summed E-state index contributed by atoms with van der Waals surface area (Å²) < 4.78 is 9.27. The van der Waals surface area contributed by atoms with Gasteiger partial charge in [-0.05, 0) is 13.3 Å². The molecule has 0 amide bonds. The number of carbonyl (C=O) groups excluding carboxylic acids is 4. The highest BCUT2D eigenvalue weighted by Crippen LogP contribution is 2.44. The van der Waals surface area contributed by atoms with Gasteiger partial charge >= 0.3 is 17.9 Å². The predicted molar refractivity (Wildman–Crippen MR) is 66.4 cm³/mol. The van der Waals surface area contributed by atoms with Crippen molar-refractivity contribution >= 4 is 23.7 Å². The second kappa shape index (κ2) is 7.16. The normalized spacial score (nSPS) is 27.8. The van der Waals surface area contributed by atoms with E-state index in [0.29, 0.717) is 0 Å². The maximum absolute atomic E-state index is 12.0. The number of ketones is 1. The molecular weight excluding hydrogens is 284 g/mol. The van der Waals surface area contributed by atoms with Crippen LogP contribution >= 0.6 is 0 Å². The second-order valence-electron chi connectivity index (χ2n) is 4.73. The summed E-state index contributed by atoms with van der Waals surface area (Å²) in [6, 6.07) is 0. The molecule has 0 bridgehead atoms. The van der Waals surface area contributed by atoms with Crippen LogP contribution in [0.4, 0.5) is 0 Å². The Bertz CT molecular complexity index is 443. The molecule has 0 N–H and O–H groups in total. The van der Waals surface area contributed by atoms with E-state index in [1.165, 1.54) is 14.0 Å². The minimum Gasteiger partial charge on any atom is -0.469 e. The molecule has 1 rings (SSSR count). The van der Waals surface area contributed by atoms with Gasteiger partial charge in [-0.25, -0.2) is 4.79 Å². The van der Waals surface area contributed by atoms with Crippen molar-refractivity contribution in [3.63, 3.8) is 0 Å². The van der Waals surface area contributed by atoms with Crippen molar-refractivity contribution in [2.75, 3.05) is 21.3 Å². The minimum atomic E-state index is -1.14. The summed E-state index contributed by atoms with van der Waals surface area (Å²) in [6.45, 7) is 1.28. The smallest absolute Gasteiger partial charge is 0.347 e. The van der Waals surface area contributed by atoms with Crippen LogP contribution in [-0.2, 0) is 38.4 Å². The molecule has 0 aliphatic heterocycles. The van der Waals surface area contributed by atoms with Gasteiger partial charge in [-0.15, -0.1) is 0 Å². The lowest BCUT2D eigenvalue weighted by atomic mass is 9.85. The topological polar surface area (TPSA) is 105 Å². The van der Waals surface area contributed by atoms with Gasteiger partial charge in [0.25, 0.3) is 0 Å². The average Bonchev–Trinajstić information content (AvgIpc) is 2.86. The summed E-state index contributed by atoms with van der Waals surface area (Å²) in [6.07, 6.45) is 0.0191. The Morgan fingerprint density at radius 3 is 1.76 bits per heavy atom. The molecule has 0 radical (unpaired) electrons. The van der Waals surface area contributed by atoms with Crippen molar-refractivity contribution in [3.05, 3.63) is 0 Å². The van der Waals surface area contributed by atoms with E-state index in [-0.39, 0.29) is 12.2 Å². The lowest BCUT2D eigenvalue weighted by Gasteiger charge is -2.20. The summed E-state index contributed by atoms with van der Waals surface area (Å²) in [7, 11) is 3.43. The van der Waals surface area contributed by atoms with Crippen molar-refractivity contribution in [1.82, 2.24) is 0 Å². The standard InChI is InChI=1S/C13H18O8/c1-6(14)7-5-8(11(15)18-2)10(12(16)19-3)9(7)13(17)21-20-4/h7-10H,5H2,1-4H3. The molecule has 0 heterocycles. The molecular formula is C13H18O8. The molecule has 1 saturated carbocycles. The molecule has 118 valence electrons. The molecule has 0 saturated heterocycles. The summed E-state index contributed by atoms with van der Waals surface area (Å²) in [5.74, 6) is -6.71. The van der Waals surface area contributed by atoms with E-state index < -0.39 is 41.6 Å². The molecule has 1 aliphatic carbocycles. The van der Waals surface area contributed by atoms with Crippen LogP contribution in [0.5, 0.6) is 0 Å². The van der Waals surface area contributed by atoms with Crippen LogP contribution in [0.15, 0.2) is 0 Å². The Morgan fingerprint density at radius 1 is 0.810 bits per heavy atom. The van der Waals surface area contributed by atoms with Gasteiger partial charge in [0.1, 0.15) is 5.78 Å². The highest BCUT2D eigenvalue weighted by Gasteiger charge is 2.56. The van der Waals surface area contributed by atoms with Gasteiger partial charge in [0.05, 0.1) is 39.1 Å². The minimum absolute atomic E-state index is 0.0191. The van der Waals surface area contributed by atoms with Crippen molar-refractivity contribution in [3.8, 4) is 0 Å². The van der Waals surface area contributed by atoms with Crippen molar-refractivity contribution in [2.45, 2.75) is 13.3 Å². The number of methoxy groups -OCH3 is 2. The first-order chi connectivity index (χ1) is 9.88. The second-order valence-corrected chi connectivity index (χ2v) is 4.73. The summed E-state index contributed by atoms with van der Waals surface area (Å²) >= 11 is 0. The van der Waals surface area contributed by atoms with Crippen LogP contribution < -0.4 is 0 Å². The lowest BCUT2D eigenvalue weighted by Crippen LogP contribution is -2.37. The van der Waals surface area contributed by atoms with E-state index in [0.717, 1.165) is 14.2 Å². The van der Waals surface area contributed by atoms with Crippen LogP contribution in [0.25, 0.3) is 0 Å². The highest BCUT2D eigenvalue weighted by atomic mass is 17.2. The number of hydrogen-bond donors (Lipinski definition) is 0. The van der Waals surface area contributed by atoms with Crippen LogP contribution in [-0.4, -0.2) is 45.0 Å². The number of carbonyl (C=O) groups is 4. The first-order valence-electron chi connectivity index (χ1n) is 6.29. The molecule has 1 aliphatic rings. The average molecular weight is 302 g/mol. The van der Waals surface area contributed by atoms with Gasteiger partial charge < -0.3 is 9.47 Å². The van der Waals surface area contributed by atoms with E-state index in [1.807, 2.05) is 0 Å². The van der Waals surface area contributed by atoms with E-state index in [2.05, 4.69) is 19.2 Å². The number of rotatable bonds is 5. The quantitative estimate of drug-likeness (QED) is 0.393.